The lowest BCUT2D eigenvalue weighted by Crippen LogP contribution is -2.15. The van der Waals surface area contributed by atoms with E-state index in [1.54, 1.807) is 19.5 Å². The van der Waals surface area contributed by atoms with Crippen molar-refractivity contribution in [1.82, 2.24) is 9.55 Å². The van der Waals surface area contributed by atoms with Gasteiger partial charge in [0.05, 0.1) is 17.7 Å². The number of pyridine rings is 1. The van der Waals surface area contributed by atoms with Crippen LogP contribution in [0.1, 0.15) is 43.5 Å². The van der Waals surface area contributed by atoms with Crippen LogP contribution in [0.3, 0.4) is 0 Å². The zero-order valence-corrected chi connectivity index (χ0v) is 19.6. The monoisotopic (exact) mass is 466 g/mol. The van der Waals surface area contributed by atoms with Crippen LogP contribution in [-0.4, -0.2) is 25.1 Å². The van der Waals surface area contributed by atoms with Gasteiger partial charge in [0.2, 0.25) is 9.84 Å². The summed E-state index contributed by atoms with van der Waals surface area (Å²) in [6.45, 7) is 6.27. The summed E-state index contributed by atoms with van der Waals surface area (Å²) in [7, 11) is -2.36. The first kappa shape index (κ1) is 22.7. The zero-order chi connectivity index (χ0) is 22.1. The Balaban J connectivity index is 2.37. The second-order valence-corrected chi connectivity index (χ2v) is 10.00. The van der Waals surface area contributed by atoms with Crippen LogP contribution in [0.25, 0.3) is 0 Å². The number of rotatable bonds is 7. The summed E-state index contributed by atoms with van der Waals surface area (Å²) < 4.78 is 35.3. The van der Waals surface area contributed by atoms with Crippen molar-refractivity contribution in [3.8, 4) is 5.75 Å². The third-order valence-corrected chi connectivity index (χ3v) is 7.16. The number of ether oxygens (including phenoxy) is 1. The number of sulfone groups is 1. The second kappa shape index (κ2) is 9.00. The summed E-state index contributed by atoms with van der Waals surface area (Å²) >= 11 is 12.2. The Morgan fingerprint density at radius 2 is 1.70 bits per heavy atom. The summed E-state index contributed by atoms with van der Waals surface area (Å²) in [4.78, 5) is 4.11. The molecular weight excluding hydrogens is 443 g/mol. The van der Waals surface area contributed by atoms with Crippen molar-refractivity contribution >= 4 is 33.0 Å². The average Bonchev–Trinajstić information content (AvgIpc) is 3.02. The second-order valence-electron chi connectivity index (χ2n) is 7.26. The number of hydrogen-bond donors (Lipinski definition) is 0. The molecule has 0 bridgehead atoms. The molecular formula is C22H24Cl2N2O3S. The molecule has 0 radical (unpaired) electrons. The minimum absolute atomic E-state index is 0.0562. The van der Waals surface area contributed by atoms with Gasteiger partial charge in [0.25, 0.3) is 0 Å². The molecule has 5 nitrogen and oxygen atoms in total. The van der Waals surface area contributed by atoms with Crippen LogP contribution in [-0.2, 0) is 22.8 Å². The third-order valence-electron chi connectivity index (χ3n) is 4.92. The van der Waals surface area contributed by atoms with Crippen molar-refractivity contribution in [3.63, 3.8) is 0 Å². The van der Waals surface area contributed by atoms with E-state index in [1.807, 2.05) is 37.5 Å². The predicted molar refractivity (Wildman–Crippen MR) is 120 cm³/mol. The molecule has 0 aliphatic rings. The van der Waals surface area contributed by atoms with Gasteiger partial charge >= 0.3 is 0 Å². The van der Waals surface area contributed by atoms with Crippen molar-refractivity contribution in [2.45, 2.75) is 49.6 Å². The van der Waals surface area contributed by atoms with Crippen molar-refractivity contribution < 1.29 is 13.2 Å². The lowest BCUT2D eigenvalue weighted by Gasteiger charge is -2.15. The summed E-state index contributed by atoms with van der Waals surface area (Å²) in [6.07, 6.45) is 3.99. The van der Waals surface area contributed by atoms with Gasteiger partial charge in [0.1, 0.15) is 10.8 Å². The van der Waals surface area contributed by atoms with Crippen LogP contribution in [0.15, 0.2) is 52.6 Å². The summed E-state index contributed by atoms with van der Waals surface area (Å²) in [6, 6.07) is 8.10. The van der Waals surface area contributed by atoms with E-state index in [0.717, 1.165) is 11.3 Å². The SMILES string of the molecule is CCc1c(OC)c(C(C)C)c(S(=O)(=O)c2cc(Cl)cc(Cl)c2)n1Cc1ccncc1. The van der Waals surface area contributed by atoms with Gasteiger partial charge in [-0.1, -0.05) is 44.0 Å². The fourth-order valence-corrected chi connectivity index (χ4v) is 6.18. The Labute approximate surface area is 187 Å². The van der Waals surface area contributed by atoms with Crippen LogP contribution >= 0.6 is 23.2 Å². The lowest BCUT2D eigenvalue weighted by atomic mass is 10.1. The first-order valence-corrected chi connectivity index (χ1v) is 11.8. The maximum absolute atomic E-state index is 13.9. The highest BCUT2D eigenvalue weighted by atomic mass is 35.5. The molecule has 0 unspecified atom stereocenters. The summed E-state index contributed by atoms with van der Waals surface area (Å²) in [5.74, 6) is 0.525. The fourth-order valence-electron chi connectivity index (χ4n) is 3.65. The first-order chi connectivity index (χ1) is 14.2. The highest BCUT2D eigenvalue weighted by Gasteiger charge is 2.34. The quantitative estimate of drug-likeness (QED) is 0.443. The van der Waals surface area contributed by atoms with E-state index < -0.39 is 9.84 Å². The van der Waals surface area contributed by atoms with Crippen molar-refractivity contribution in [2.24, 2.45) is 0 Å². The van der Waals surface area contributed by atoms with E-state index >= 15 is 0 Å². The number of benzene rings is 1. The topological polar surface area (TPSA) is 61.2 Å². The van der Waals surface area contributed by atoms with Gasteiger partial charge < -0.3 is 9.30 Å². The average molecular weight is 467 g/mol. The molecule has 3 rings (SSSR count). The van der Waals surface area contributed by atoms with Gasteiger partial charge in [-0.2, -0.15) is 0 Å². The molecule has 0 fully saturated rings. The van der Waals surface area contributed by atoms with E-state index in [2.05, 4.69) is 4.98 Å². The number of nitrogens with zero attached hydrogens (tertiary/aromatic N) is 2. The molecule has 0 amide bonds. The van der Waals surface area contributed by atoms with E-state index in [4.69, 9.17) is 27.9 Å². The molecule has 0 saturated carbocycles. The molecule has 0 N–H and O–H groups in total. The molecule has 2 aromatic heterocycles. The Kier molecular flexibility index (Phi) is 6.80. The maximum Gasteiger partial charge on any atom is 0.222 e. The number of aromatic nitrogens is 2. The zero-order valence-electron chi connectivity index (χ0n) is 17.3. The van der Waals surface area contributed by atoms with Gasteiger partial charge in [0.15, 0.2) is 0 Å². The lowest BCUT2D eigenvalue weighted by molar-refractivity contribution is 0.402. The van der Waals surface area contributed by atoms with E-state index in [0.29, 0.717) is 24.3 Å². The molecule has 30 heavy (non-hydrogen) atoms. The van der Waals surface area contributed by atoms with Crippen LogP contribution in [0.4, 0.5) is 0 Å². The van der Waals surface area contributed by atoms with Crippen molar-refractivity contribution in [2.75, 3.05) is 7.11 Å². The first-order valence-electron chi connectivity index (χ1n) is 9.60. The van der Waals surface area contributed by atoms with E-state index in [-0.39, 0.29) is 25.9 Å². The minimum atomic E-state index is -3.93. The normalized spacial score (nSPS) is 11.8. The molecule has 3 aromatic rings. The molecule has 0 saturated heterocycles. The third kappa shape index (κ3) is 4.22. The number of halogens is 2. The van der Waals surface area contributed by atoms with E-state index in [1.165, 1.54) is 18.2 Å². The van der Waals surface area contributed by atoms with Crippen LogP contribution in [0.5, 0.6) is 5.75 Å². The standard InChI is InChI=1S/C22H24Cl2N2O3S/c1-5-19-21(29-4)20(14(2)3)22(26(19)13-15-6-8-25-9-7-15)30(27,28)18-11-16(23)10-17(24)12-18/h6-12,14H,5,13H2,1-4H3. The highest BCUT2D eigenvalue weighted by molar-refractivity contribution is 7.91. The predicted octanol–water partition coefficient (Wildman–Crippen LogP) is 5.77. The van der Waals surface area contributed by atoms with Crippen LogP contribution in [0.2, 0.25) is 10.0 Å². The Morgan fingerprint density at radius 3 is 2.20 bits per heavy atom. The molecule has 8 heteroatoms. The Bertz CT molecular complexity index is 1140. The number of hydrogen-bond acceptors (Lipinski definition) is 4. The summed E-state index contributed by atoms with van der Waals surface area (Å²) in [5.41, 5.74) is 2.41. The van der Waals surface area contributed by atoms with Gasteiger partial charge in [0, 0.05) is 34.5 Å². The van der Waals surface area contributed by atoms with Gasteiger partial charge in [-0.25, -0.2) is 8.42 Å². The molecule has 1 aromatic carbocycles. The summed E-state index contributed by atoms with van der Waals surface area (Å²) in [5, 5.41) is 0.741. The smallest absolute Gasteiger partial charge is 0.222 e. The Hall–Kier alpha value is -2.02. The van der Waals surface area contributed by atoms with E-state index in [9.17, 15) is 8.42 Å². The largest absolute Gasteiger partial charge is 0.495 e. The molecule has 2 heterocycles. The van der Waals surface area contributed by atoms with Crippen molar-refractivity contribution in [3.05, 3.63) is 69.6 Å². The van der Waals surface area contributed by atoms with Crippen LogP contribution < -0.4 is 4.74 Å². The maximum atomic E-state index is 13.9. The van der Waals surface area contributed by atoms with Crippen LogP contribution in [0, 0.1) is 0 Å². The van der Waals surface area contributed by atoms with Crippen molar-refractivity contribution in [1.29, 1.82) is 0 Å². The molecule has 0 aliphatic carbocycles. The molecule has 0 aliphatic heterocycles. The molecule has 0 atom stereocenters. The highest BCUT2D eigenvalue weighted by Crippen LogP contribution is 2.42. The van der Waals surface area contributed by atoms with Gasteiger partial charge in [-0.3, -0.25) is 4.98 Å². The van der Waals surface area contributed by atoms with Gasteiger partial charge in [-0.05, 0) is 48.2 Å². The molecule has 160 valence electrons. The van der Waals surface area contributed by atoms with Gasteiger partial charge in [-0.15, -0.1) is 0 Å². The fraction of sp³-hybridized carbons (Fsp3) is 0.318. The Morgan fingerprint density at radius 1 is 1.10 bits per heavy atom. The molecule has 0 spiro atoms. The minimum Gasteiger partial charge on any atom is -0.495 e. The number of methoxy groups -OCH3 is 1.